The Morgan fingerprint density at radius 1 is 1.31 bits per heavy atom. The summed E-state index contributed by atoms with van der Waals surface area (Å²) in [6.45, 7) is 1.16. The summed E-state index contributed by atoms with van der Waals surface area (Å²) >= 11 is 0. The Morgan fingerprint density at radius 3 is 2.50 bits per heavy atom. The molecule has 8 heteroatoms. The molecule has 0 radical (unpaired) electrons. The van der Waals surface area contributed by atoms with E-state index in [0.717, 1.165) is 4.90 Å². The minimum Gasteiger partial charge on any atom is -0.380 e. The van der Waals surface area contributed by atoms with Crippen LogP contribution in [0.4, 0.5) is 13.2 Å². The van der Waals surface area contributed by atoms with Crippen molar-refractivity contribution in [3.8, 4) is 0 Å². The molecule has 1 unspecified atom stereocenters. The molecule has 1 amide bonds. The van der Waals surface area contributed by atoms with Gasteiger partial charge in [-0.3, -0.25) is 4.79 Å². The number of nitrogens with zero attached hydrogens (tertiary/aromatic N) is 1. The number of hydrogen-bond donors (Lipinski definition) is 1. The largest absolute Gasteiger partial charge is 0.412 e. The Balaban J connectivity index is 0.00000225. The molecular weight excluding hydrogens is 249 g/mol. The van der Waals surface area contributed by atoms with Gasteiger partial charge >= 0.3 is 6.18 Å². The van der Waals surface area contributed by atoms with E-state index in [1.807, 2.05) is 0 Å². The summed E-state index contributed by atoms with van der Waals surface area (Å²) in [5.41, 5.74) is 4.82. The lowest BCUT2D eigenvalue weighted by Gasteiger charge is -2.24. The first-order chi connectivity index (χ1) is 6.93. The molecule has 1 fully saturated rings. The van der Waals surface area contributed by atoms with Crippen LogP contribution in [0.5, 0.6) is 0 Å². The van der Waals surface area contributed by atoms with Gasteiger partial charge < -0.3 is 15.4 Å². The number of carbonyl (C=O) groups is 1. The summed E-state index contributed by atoms with van der Waals surface area (Å²) in [7, 11) is 0. The van der Waals surface area contributed by atoms with Gasteiger partial charge in [-0.15, -0.1) is 12.4 Å². The summed E-state index contributed by atoms with van der Waals surface area (Å²) in [5.74, 6) is -1.08. The second-order valence-corrected chi connectivity index (χ2v) is 3.31. The summed E-state index contributed by atoms with van der Waals surface area (Å²) < 4.78 is 41.5. The van der Waals surface area contributed by atoms with E-state index < -0.39 is 18.1 Å². The minimum absolute atomic E-state index is 0. The predicted octanol–water partition coefficient (Wildman–Crippen LogP) is 0.547. The molecule has 0 bridgehead atoms. The molecule has 2 N–H and O–H groups in total. The fourth-order valence-electron chi connectivity index (χ4n) is 1.30. The van der Waals surface area contributed by atoms with E-state index in [1.165, 1.54) is 0 Å². The normalized spacial score (nSPS) is 19.6. The smallest absolute Gasteiger partial charge is 0.380 e. The van der Waals surface area contributed by atoms with Gasteiger partial charge in [-0.05, 0) is 6.42 Å². The van der Waals surface area contributed by atoms with Gasteiger partial charge in [0.05, 0.1) is 6.61 Å². The van der Waals surface area contributed by atoms with Gasteiger partial charge in [-0.1, -0.05) is 0 Å². The van der Waals surface area contributed by atoms with E-state index in [9.17, 15) is 18.0 Å². The zero-order valence-electron chi connectivity index (χ0n) is 8.50. The van der Waals surface area contributed by atoms with E-state index in [0.29, 0.717) is 13.0 Å². The van der Waals surface area contributed by atoms with Gasteiger partial charge in [0, 0.05) is 19.7 Å². The Kier molecular flexibility index (Phi) is 6.06. The third-order valence-electron chi connectivity index (χ3n) is 2.15. The molecule has 1 aliphatic rings. The van der Waals surface area contributed by atoms with Crippen molar-refractivity contribution < 1.29 is 22.7 Å². The number of halogens is 4. The number of nitrogens with two attached hydrogens (primary N) is 1. The fraction of sp³-hybridized carbons (Fsp3) is 0.875. The number of ether oxygens (including phenoxy) is 1. The van der Waals surface area contributed by atoms with Gasteiger partial charge in [0.15, 0.2) is 6.04 Å². The second-order valence-electron chi connectivity index (χ2n) is 3.31. The molecule has 1 aliphatic heterocycles. The van der Waals surface area contributed by atoms with Crippen LogP contribution in [0.15, 0.2) is 0 Å². The van der Waals surface area contributed by atoms with Gasteiger partial charge in [0.1, 0.15) is 0 Å². The molecule has 16 heavy (non-hydrogen) atoms. The second kappa shape index (κ2) is 6.27. The first-order valence-electron chi connectivity index (χ1n) is 4.62. The quantitative estimate of drug-likeness (QED) is 0.751. The van der Waals surface area contributed by atoms with E-state index in [-0.39, 0.29) is 32.1 Å². The SMILES string of the molecule is Cl.NC(C(=O)N1CCCOCC1)C(F)(F)F. The van der Waals surface area contributed by atoms with Crippen LogP contribution in [0.3, 0.4) is 0 Å². The minimum atomic E-state index is -4.68. The Hall–Kier alpha value is -0.530. The van der Waals surface area contributed by atoms with Crippen LogP contribution in [0.2, 0.25) is 0 Å². The van der Waals surface area contributed by atoms with Gasteiger partial charge in [0.25, 0.3) is 0 Å². The van der Waals surface area contributed by atoms with Crippen LogP contribution in [0.1, 0.15) is 6.42 Å². The molecule has 1 atom stereocenters. The lowest BCUT2D eigenvalue weighted by Crippen LogP contribution is -2.52. The standard InChI is InChI=1S/C8H13F3N2O2.ClH/c9-8(10,11)6(12)7(14)13-2-1-4-15-5-3-13;/h6H,1-5,12H2;1H. The highest BCUT2D eigenvalue weighted by atomic mass is 35.5. The van der Waals surface area contributed by atoms with Crippen LogP contribution in [-0.2, 0) is 9.53 Å². The Bertz CT molecular complexity index is 230. The van der Waals surface area contributed by atoms with Crippen molar-refractivity contribution in [1.29, 1.82) is 0 Å². The third-order valence-corrected chi connectivity index (χ3v) is 2.15. The molecule has 0 aromatic heterocycles. The summed E-state index contributed by atoms with van der Waals surface area (Å²) in [5, 5.41) is 0. The molecule has 1 rings (SSSR count). The first kappa shape index (κ1) is 15.5. The van der Waals surface area contributed by atoms with E-state index in [2.05, 4.69) is 0 Å². The number of carbonyl (C=O) groups excluding carboxylic acids is 1. The van der Waals surface area contributed by atoms with Gasteiger partial charge in [-0.2, -0.15) is 13.2 Å². The Morgan fingerprint density at radius 2 is 1.94 bits per heavy atom. The zero-order valence-corrected chi connectivity index (χ0v) is 9.31. The van der Waals surface area contributed by atoms with Crippen molar-refractivity contribution in [3.63, 3.8) is 0 Å². The van der Waals surface area contributed by atoms with Gasteiger partial charge in [-0.25, -0.2) is 0 Å². The molecule has 0 saturated carbocycles. The molecule has 1 saturated heterocycles. The highest BCUT2D eigenvalue weighted by Gasteiger charge is 2.43. The van der Waals surface area contributed by atoms with Crippen molar-refractivity contribution in [1.82, 2.24) is 4.90 Å². The van der Waals surface area contributed by atoms with Crippen LogP contribution in [0, 0.1) is 0 Å². The highest BCUT2D eigenvalue weighted by molar-refractivity contribution is 5.85. The molecule has 0 aromatic rings. The van der Waals surface area contributed by atoms with E-state index in [4.69, 9.17) is 10.5 Å². The van der Waals surface area contributed by atoms with Crippen LogP contribution < -0.4 is 5.73 Å². The molecule has 4 nitrogen and oxygen atoms in total. The number of hydrogen-bond acceptors (Lipinski definition) is 3. The fourth-order valence-corrected chi connectivity index (χ4v) is 1.30. The highest BCUT2D eigenvalue weighted by Crippen LogP contribution is 2.20. The Labute approximate surface area is 97.3 Å². The van der Waals surface area contributed by atoms with Gasteiger partial charge in [0.2, 0.25) is 5.91 Å². The van der Waals surface area contributed by atoms with Crippen molar-refractivity contribution >= 4 is 18.3 Å². The van der Waals surface area contributed by atoms with Crippen molar-refractivity contribution in [3.05, 3.63) is 0 Å². The molecule has 0 spiro atoms. The molecule has 96 valence electrons. The molecule has 0 aromatic carbocycles. The average molecular weight is 263 g/mol. The van der Waals surface area contributed by atoms with Crippen LogP contribution >= 0.6 is 12.4 Å². The topological polar surface area (TPSA) is 55.6 Å². The van der Waals surface area contributed by atoms with Crippen LogP contribution in [0.25, 0.3) is 0 Å². The number of rotatable bonds is 1. The van der Waals surface area contributed by atoms with E-state index in [1.54, 1.807) is 0 Å². The molecular formula is C8H14ClF3N2O2. The lowest BCUT2D eigenvalue weighted by atomic mass is 10.2. The predicted molar refractivity (Wildman–Crippen MR) is 53.3 cm³/mol. The molecule has 0 aliphatic carbocycles. The monoisotopic (exact) mass is 262 g/mol. The maximum absolute atomic E-state index is 12.2. The average Bonchev–Trinajstić information content (AvgIpc) is 2.42. The van der Waals surface area contributed by atoms with E-state index >= 15 is 0 Å². The summed E-state index contributed by atoms with van der Waals surface area (Å²) in [6, 6.07) is -2.42. The number of alkyl halides is 3. The molecule has 1 heterocycles. The maximum Gasteiger partial charge on any atom is 0.412 e. The van der Waals surface area contributed by atoms with Crippen molar-refractivity contribution in [2.24, 2.45) is 5.73 Å². The van der Waals surface area contributed by atoms with Crippen molar-refractivity contribution in [2.45, 2.75) is 18.6 Å². The maximum atomic E-state index is 12.2. The number of amides is 1. The zero-order chi connectivity index (χ0) is 11.5. The third kappa shape index (κ3) is 4.15. The summed E-state index contributed by atoms with van der Waals surface area (Å²) in [4.78, 5) is 12.4. The summed E-state index contributed by atoms with van der Waals surface area (Å²) in [6.07, 6.45) is -4.14. The van der Waals surface area contributed by atoms with Crippen molar-refractivity contribution in [2.75, 3.05) is 26.3 Å². The van der Waals surface area contributed by atoms with Crippen LogP contribution in [-0.4, -0.2) is 49.3 Å². The first-order valence-corrected chi connectivity index (χ1v) is 4.62. The lowest BCUT2D eigenvalue weighted by molar-refractivity contribution is -0.170.